The number of benzene rings is 2. The smallest absolute Gasteiger partial charge is 0.137 e. The number of anilines is 1. The second-order valence-corrected chi connectivity index (χ2v) is 7.08. The maximum Gasteiger partial charge on any atom is 0.137 e. The lowest BCUT2D eigenvalue weighted by atomic mass is 10.1. The van der Waals surface area contributed by atoms with Crippen molar-refractivity contribution in [1.82, 2.24) is 15.2 Å². The van der Waals surface area contributed by atoms with Crippen LogP contribution in [-0.4, -0.2) is 28.3 Å². The molecule has 1 fully saturated rings. The molecule has 2 aromatic heterocycles. The van der Waals surface area contributed by atoms with Crippen molar-refractivity contribution in [2.45, 2.75) is 12.8 Å². The molecule has 1 aliphatic rings. The van der Waals surface area contributed by atoms with Gasteiger partial charge in [-0.2, -0.15) is 0 Å². The Hall–Kier alpha value is -2.72. The molecule has 3 heterocycles. The van der Waals surface area contributed by atoms with Gasteiger partial charge in [0.15, 0.2) is 0 Å². The first-order chi connectivity index (χ1) is 12.8. The van der Waals surface area contributed by atoms with Crippen LogP contribution in [0.15, 0.2) is 54.6 Å². The van der Waals surface area contributed by atoms with Crippen LogP contribution in [0.4, 0.5) is 5.82 Å². The summed E-state index contributed by atoms with van der Waals surface area (Å²) in [5.74, 6) is 1.06. The van der Waals surface area contributed by atoms with Crippen molar-refractivity contribution < 1.29 is 0 Å². The summed E-state index contributed by atoms with van der Waals surface area (Å²) < 4.78 is 0. The van der Waals surface area contributed by atoms with E-state index in [9.17, 15) is 0 Å². The average molecular weight is 361 g/mol. The third-order valence-electron chi connectivity index (χ3n) is 4.97. The molecule has 0 aliphatic carbocycles. The Labute approximate surface area is 156 Å². The summed E-state index contributed by atoms with van der Waals surface area (Å²) in [5, 5.41) is 11.9. The third-order valence-corrected chi connectivity index (χ3v) is 5.22. The Morgan fingerprint density at radius 3 is 2.35 bits per heavy atom. The maximum absolute atomic E-state index is 6.00. The van der Waals surface area contributed by atoms with E-state index in [-0.39, 0.29) is 0 Å². The molecule has 4 aromatic rings. The predicted molar refractivity (Wildman–Crippen MR) is 107 cm³/mol. The summed E-state index contributed by atoms with van der Waals surface area (Å²) >= 11 is 6.00. The van der Waals surface area contributed by atoms with Crippen molar-refractivity contribution in [3.63, 3.8) is 0 Å². The highest BCUT2D eigenvalue weighted by Crippen LogP contribution is 2.33. The van der Waals surface area contributed by atoms with E-state index in [1.54, 1.807) is 0 Å². The SMILES string of the molecule is Clc1ccc(-c2cc3nc(N4CCCC4)c4ccccc4c3nn2)cc1. The van der Waals surface area contributed by atoms with E-state index >= 15 is 0 Å². The number of halogens is 1. The molecule has 0 saturated carbocycles. The molecule has 1 saturated heterocycles. The van der Waals surface area contributed by atoms with Gasteiger partial charge >= 0.3 is 0 Å². The number of fused-ring (bicyclic) bond motifs is 3. The molecule has 0 amide bonds. The molecule has 0 N–H and O–H groups in total. The Bertz CT molecular complexity index is 1100. The van der Waals surface area contributed by atoms with Gasteiger partial charge in [-0.1, -0.05) is 48.0 Å². The van der Waals surface area contributed by atoms with Gasteiger partial charge in [0.05, 0.1) is 11.2 Å². The van der Waals surface area contributed by atoms with E-state index < -0.39 is 0 Å². The lowest BCUT2D eigenvalue weighted by Gasteiger charge is -2.19. The van der Waals surface area contributed by atoms with Gasteiger partial charge in [0, 0.05) is 34.4 Å². The van der Waals surface area contributed by atoms with Gasteiger partial charge in [-0.3, -0.25) is 0 Å². The van der Waals surface area contributed by atoms with Crippen molar-refractivity contribution in [2.24, 2.45) is 0 Å². The minimum absolute atomic E-state index is 0.711. The molecular formula is C21H17ClN4. The van der Waals surface area contributed by atoms with Crippen LogP contribution in [0.1, 0.15) is 12.8 Å². The van der Waals surface area contributed by atoms with Gasteiger partial charge in [0.1, 0.15) is 11.3 Å². The molecular weight excluding hydrogens is 344 g/mol. The molecule has 26 heavy (non-hydrogen) atoms. The summed E-state index contributed by atoms with van der Waals surface area (Å²) in [6.07, 6.45) is 2.44. The van der Waals surface area contributed by atoms with Crippen molar-refractivity contribution >= 4 is 39.2 Å². The zero-order valence-electron chi connectivity index (χ0n) is 14.2. The van der Waals surface area contributed by atoms with Crippen LogP contribution in [0.5, 0.6) is 0 Å². The molecule has 0 spiro atoms. The molecule has 0 bridgehead atoms. The van der Waals surface area contributed by atoms with Crippen LogP contribution in [-0.2, 0) is 0 Å². The van der Waals surface area contributed by atoms with Crippen LogP contribution in [0.25, 0.3) is 33.1 Å². The van der Waals surface area contributed by atoms with Crippen molar-refractivity contribution in [3.8, 4) is 11.3 Å². The fourth-order valence-electron chi connectivity index (χ4n) is 3.65. The second-order valence-electron chi connectivity index (χ2n) is 6.65. The third kappa shape index (κ3) is 2.58. The topological polar surface area (TPSA) is 41.9 Å². The fraction of sp³-hybridized carbons (Fsp3) is 0.190. The monoisotopic (exact) mass is 360 g/mol. The van der Waals surface area contributed by atoms with Gasteiger partial charge in [-0.25, -0.2) is 4.98 Å². The van der Waals surface area contributed by atoms with E-state index in [0.717, 1.165) is 52.0 Å². The summed E-state index contributed by atoms with van der Waals surface area (Å²) in [6, 6.07) is 18.0. The highest BCUT2D eigenvalue weighted by atomic mass is 35.5. The largest absolute Gasteiger partial charge is 0.356 e. The summed E-state index contributed by atoms with van der Waals surface area (Å²) in [6.45, 7) is 2.12. The summed E-state index contributed by atoms with van der Waals surface area (Å²) in [5.41, 5.74) is 3.53. The first-order valence-corrected chi connectivity index (χ1v) is 9.24. The highest BCUT2D eigenvalue weighted by molar-refractivity contribution is 6.30. The molecule has 0 unspecified atom stereocenters. The number of aromatic nitrogens is 3. The van der Waals surface area contributed by atoms with E-state index in [1.807, 2.05) is 36.4 Å². The van der Waals surface area contributed by atoms with E-state index in [0.29, 0.717) is 5.02 Å². The van der Waals surface area contributed by atoms with Crippen LogP contribution in [0.3, 0.4) is 0 Å². The Morgan fingerprint density at radius 2 is 1.58 bits per heavy atom. The Morgan fingerprint density at radius 1 is 0.846 bits per heavy atom. The van der Waals surface area contributed by atoms with Crippen LogP contribution < -0.4 is 4.90 Å². The molecule has 0 radical (unpaired) electrons. The highest BCUT2D eigenvalue weighted by Gasteiger charge is 2.19. The molecule has 128 valence electrons. The lowest BCUT2D eigenvalue weighted by molar-refractivity contribution is 0.949. The van der Waals surface area contributed by atoms with Gasteiger partial charge < -0.3 is 4.90 Å². The molecule has 5 rings (SSSR count). The number of rotatable bonds is 2. The minimum Gasteiger partial charge on any atom is -0.356 e. The molecule has 5 heteroatoms. The second kappa shape index (κ2) is 6.22. The number of hydrogen-bond donors (Lipinski definition) is 0. The predicted octanol–water partition coefficient (Wildman–Crippen LogP) is 5.10. The Balaban J connectivity index is 1.74. The van der Waals surface area contributed by atoms with Gasteiger partial charge in [0.2, 0.25) is 0 Å². The Kier molecular flexibility index (Phi) is 3.71. The summed E-state index contributed by atoms with van der Waals surface area (Å²) in [4.78, 5) is 7.37. The van der Waals surface area contributed by atoms with Gasteiger partial charge in [-0.15, -0.1) is 10.2 Å². The van der Waals surface area contributed by atoms with Crippen molar-refractivity contribution in [1.29, 1.82) is 0 Å². The van der Waals surface area contributed by atoms with E-state index in [4.69, 9.17) is 16.6 Å². The molecule has 1 aliphatic heterocycles. The van der Waals surface area contributed by atoms with Crippen LogP contribution >= 0.6 is 11.6 Å². The average Bonchev–Trinajstić information content (AvgIpc) is 3.22. The number of pyridine rings is 1. The molecule has 4 nitrogen and oxygen atoms in total. The standard InChI is InChI=1S/C21H17ClN4/c22-15-9-7-14(8-10-15)18-13-19-20(25-24-18)16-5-1-2-6-17(16)21(23-19)26-11-3-4-12-26/h1-2,5-10,13H,3-4,11-12H2. The van der Waals surface area contributed by atoms with Crippen LogP contribution in [0.2, 0.25) is 5.02 Å². The van der Waals surface area contributed by atoms with Crippen molar-refractivity contribution in [3.05, 3.63) is 59.6 Å². The zero-order valence-corrected chi connectivity index (χ0v) is 14.9. The van der Waals surface area contributed by atoms with E-state index in [2.05, 4.69) is 33.3 Å². The maximum atomic E-state index is 6.00. The molecule has 0 atom stereocenters. The lowest BCUT2D eigenvalue weighted by Crippen LogP contribution is -2.19. The van der Waals surface area contributed by atoms with Gasteiger partial charge in [0.25, 0.3) is 0 Å². The minimum atomic E-state index is 0.711. The summed E-state index contributed by atoms with van der Waals surface area (Å²) in [7, 11) is 0. The first-order valence-electron chi connectivity index (χ1n) is 8.87. The quantitative estimate of drug-likeness (QED) is 0.466. The first kappa shape index (κ1) is 15.5. The number of hydrogen-bond acceptors (Lipinski definition) is 4. The van der Waals surface area contributed by atoms with Crippen molar-refractivity contribution in [2.75, 3.05) is 18.0 Å². The fourth-order valence-corrected chi connectivity index (χ4v) is 3.78. The zero-order chi connectivity index (χ0) is 17.5. The van der Waals surface area contributed by atoms with Gasteiger partial charge in [-0.05, 0) is 31.0 Å². The normalized spacial score (nSPS) is 14.4. The van der Waals surface area contributed by atoms with E-state index in [1.165, 1.54) is 12.8 Å². The number of nitrogens with zero attached hydrogens (tertiary/aromatic N) is 4. The molecule has 2 aromatic carbocycles. The van der Waals surface area contributed by atoms with Crippen LogP contribution in [0, 0.1) is 0 Å².